The third-order valence-corrected chi connectivity index (χ3v) is 4.84. The highest BCUT2D eigenvalue weighted by molar-refractivity contribution is 6.24. The summed E-state index contributed by atoms with van der Waals surface area (Å²) in [6.07, 6.45) is 3.05. The quantitative estimate of drug-likeness (QED) is 0.564. The molecule has 6 heteroatoms. The molecular weight excluding hydrogens is 404 g/mol. The Hall–Kier alpha value is -3.41. The standard InChI is InChI=1S/C26H32N2O4/c1-7-10-23(29)28(21-12-9-11-20(17-21)27-25(31)32-15-8-2)24(30)22-14-13-19(16-18(22)3)26(4,5)6/h7,9-14,16-17H,8,15H2,1-6H3,(H,27,31)/b10-7+. The van der Waals surface area contributed by atoms with E-state index in [1.54, 1.807) is 43.3 Å². The molecule has 0 heterocycles. The van der Waals surface area contributed by atoms with Gasteiger partial charge in [0.25, 0.3) is 11.8 Å². The SMILES string of the molecule is C/C=C/C(=O)N(C(=O)c1ccc(C(C)(C)C)cc1C)c1cccc(NC(=O)OCCC)c1. The van der Waals surface area contributed by atoms with Gasteiger partial charge in [0.15, 0.2) is 0 Å². The van der Waals surface area contributed by atoms with Gasteiger partial charge in [0, 0.05) is 11.3 Å². The smallest absolute Gasteiger partial charge is 0.411 e. The molecule has 0 fully saturated rings. The van der Waals surface area contributed by atoms with Gasteiger partial charge in [-0.2, -0.15) is 0 Å². The summed E-state index contributed by atoms with van der Waals surface area (Å²) in [7, 11) is 0. The topological polar surface area (TPSA) is 75.7 Å². The lowest BCUT2D eigenvalue weighted by Crippen LogP contribution is -2.36. The second kappa shape index (κ2) is 10.8. The fraction of sp³-hybridized carbons (Fsp3) is 0.346. The Morgan fingerprint density at radius 2 is 1.81 bits per heavy atom. The molecule has 32 heavy (non-hydrogen) atoms. The van der Waals surface area contributed by atoms with E-state index in [9.17, 15) is 14.4 Å². The highest BCUT2D eigenvalue weighted by atomic mass is 16.5. The predicted molar refractivity (Wildman–Crippen MR) is 128 cm³/mol. The van der Waals surface area contributed by atoms with Crippen molar-refractivity contribution in [3.63, 3.8) is 0 Å². The largest absolute Gasteiger partial charge is 0.449 e. The number of amides is 3. The lowest BCUT2D eigenvalue weighted by molar-refractivity contribution is -0.113. The Labute approximate surface area is 190 Å². The van der Waals surface area contributed by atoms with Gasteiger partial charge in [-0.05, 0) is 67.2 Å². The number of anilines is 2. The number of allylic oxidation sites excluding steroid dienone is 1. The third-order valence-electron chi connectivity index (χ3n) is 4.84. The van der Waals surface area contributed by atoms with Crippen molar-refractivity contribution in [1.29, 1.82) is 0 Å². The number of aryl methyl sites for hydroxylation is 1. The highest BCUT2D eigenvalue weighted by Gasteiger charge is 2.26. The van der Waals surface area contributed by atoms with E-state index in [1.165, 1.54) is 6.08 Å². The molecule has 2 aromatic carbocycles. The summed E-state index contributed by atoms with van der Waals surface area (Å²) in [5.41, 5.74) is 3.06. The number of benzene rings is 2. The van der Waals surface area contributed by atoms with Crippen LogP contribution in [0.5, 0.6) is 0 Å². The second-order valence-corrected chi connectivity index (χ2v) is 8.57. The van der Waals surface area contributed by atoms with E-state index < -0.39 is 17.9 Å². The Kier molecular flexibility index (Phi) is 8.35. The van der Waals surface area contributed by atoms with Gasteiger partial charge in [-0.15, -0.1) is 0 Å². The zero-order valence-electron chi connectivity index (χ0n) is 19.7. The number of ether oxygens (including phenoxy) is 1. The minimum Gasteiger partial charge on any atom is -0.449 e. The van der Waals surface area contributed by atoms with Crippen molar-refractivity contribution in [2.24, 2.45) is 0 Å². The molecule has 2 rings (SSSR count). The molecule has 0 saturated carbocycles. The van der Waals surface area contributed by atoms with Crippen molar-refractivity contribution in [3.8, 4) is 0 Å². The van der Waals surface area contributed by atoms with E-state index in [2.05, 4.69) is 26.1 Å². The monoisotopic (exact) mass is 436 g/mol. The molecular formula is C26H32N2O4. The van der Waals surface area contributed by atoms with Crippen molar-refractivity contribution in [2.75, 3.05) is 16.8 Å². The summed E-state index contributed by atoms with van der Waals surface area (Å²) in [4.78, 5) is 39.4. The van der Waals surface area contributed by atoms with Crippen LogP contribution in [0.2, 0.25) is 0 Å². The average molecular weight is 437 g/mol. The summed E-state index contributed by atoms with van der Waals surface area (Å²) in [5, 5.41) is 2.63. The second-order valence-electron chi connectivity index (χ2n) is 8.57. The molecule has 2 aromatic rings. The van der Waals surface area contributed by atoms with Crippen LogP contribution in [-0.2, 0) is 14.9 Å². The fourth-order valence-corrected chi connectivity index (χ4v) is 3.12. The molecule has 0 spiro atoms. The molecule has 0 aromatic heterocycles. The summed E-state index contributed by atoms with van der Waals surface area (Å²) in [5.74, 6) is -0.903. The van der Waals surface area contributed by atoms with E-state index in [0.29, 0.717) is 30.0 Å². The van der Waals surface area contributed by atoms with Crippen LogP contribution in [0.3, 0.4) is 0 Å². The first-order chi connectivity index (χ1) is 15.1. The van der Waals surface area contributed by atoms with Gasteiger partial charge in [0.1, 0.15) is 0 Å². The first-order valence-corrected chi connectivity index (χ1v) is 10.7. The van der Waals surface area contributed by atoms with Crippen molar-refractivity contribution < 1.29 is 19.1 Å². The number of nitrogens with one attached hydrogen (secondary N) is 1. The van der Waals surface area contributed by atoms with E-state index in [-0.39, 0.29) is 5.41 Å². The van der Waals surface area contributed by atoms with Crippen LogP contribution < -0.4 is 10.2 Å². The molecule has 0 radical (unpaired) electrons. The lowest BCUT2D eigenvalue weighted by atomic mass is 9.85. The van der Waals surface area contributed by atoms with Crippen molar-refractivity contribution >= 4 is 29.3 Å². The Bertz CT molecular complexity index is 1020. The number of carbonyl (C=O) groups is 3. The normalized spacial score (nSPS) is 11.3. The molecule has 6 nitrogen and oxygen atoms in total. The first-order valence-electron chi connectivity index (χ1n) is 10.7. The summed E-state index contributed by atoms with van der Waals surface area (Å²) in [6, 6.07) is 12.2. The number of imide groups is 1. The Balaban J connectivity index is 2.43. The maximum atomic E-state index is 13.5. The van der Waals surface area contributed by atoms with Gasteiger partial charge >= 0.3 is 6.09 Å². The number of rotatable bonds is 6. The molecule has 0 bridgehead atoms. The number of nitrogens with zero attached hydrogens (tertiary/aromatic N) is 1. The summed E-state index contributed by atoms with van der Waals surface area (Å²) >= 11 is 0. The van der Waals surface area contributed by atoms with Gasteiger partial charge in [-0.25, -0.2) is 9.69 Å². The molecule has 0 unspecified atom stereocenters. The predicted octanol–water partition coefficient (Wildman–Crippen LogP) is 6.00. The van der Waals surface area contributed by atoms with E-state index in [0.717, 1.165) is 16.0 Å². The highest BCUT2D eigenvalue weighted by Crippen LogP contribution is 2.27. The Morgan fingerprint density at radius 1 is 1.09 bits per heavy atom. The lowest BCUT2D eigenvalue weighted by Gasteiger charge is -2.23. The minimum atomic E-state index is -0.588. The van der Waals surface area contributed by atoms with Gasteiger partial charge in [-0.1, -0.05) is 52.0 Å². The van der Waals surface area contributed by atoms with Gasteiger partial charge in [-0.3, -0.25) is 14.9 Å². The van der Waals surface area contributed by atoms with Crippen LogP contribution in [0.15, 0.2) is 54.6 Å². The number of carbonyl (C=O) groups excluding carboxylic acids is 3. The molecule has 1 N–H and O–H groups in total. The maximum Gasteiger partial charge on any atom is 0.411 e. The average Bonchev–Trinajstić information content (AvgIpc) is 2.72. The van der Waals surface area contributed by atoms with Crippen molar-refractivity contribution in [2.45, 2.75) is 53.4 Å². The molecule has 170 valence electrons. The van der Waals surface area contributed by atoms with Gasteiger partial charge in [0.05, 0.1) is 12.3 Å². The molecule has 0 aliphatic heterocycles. The molecule has 0 aliphatic rings. The zero-order valence-corrected chi connectivity index (χ0v) is 19.7. The van der Waals surface area contributed by atoms with Crippen LogP contribution in [0, 0.1) is 6.92 Å². The van der Waals surface area contributed by atoms with Crippen LogP contribution >= 0.6 is 0 Å². The van der Waals surface area contributed by atoms with Crippen molar-refractivity contribution in [1.82, 2.24) is 0 Å². The van der Waals surface area contributed by atoms with Crippen molar-refractivity contribution in [3.05, 3.63) is 71.3 Å². The third kappa shape index (κ3) is 6.30. The summed E-state index contributed by atoms with van der Waals surface area (Å²) < 4.78 is 5.04. The maximum absolute atomic E-state index is 13.5. The molecule has 0 atom stereocenters. The zero-order chi connectivity index (χ0) is 23.9. The van der Waals surface area contributed by atoms with E-state index in [1.807, 2.05) is 26.0 Å². The van der Waals surface area contributed by atoms with Gasteiger partial charge in [0.2, 0.25) is 0 Å². The summed E-state index contributed by atoms with van der Waals surface area (Å²) in [6.45, 7) is 12.1. The molecule has 0 aliphatic carbocycles. The van der Waals surface area contributed by atoms with Crippen LogP contribution in [-0.4, -0.2) is 24.5 Å². The van der Waals surface area contributed by atoms with Crippen LogP contribution in [0.4, 0.5) is 16.2 Å². The van der Waals surface area contributed by atoms with E-state index >= 15 is 0 Å². The minimum absolute atomic E-state index is 0.0564. The fourth-order valence-electron chi connectivity index (χ4n) is 3.12. The number of hydrogen-bond acceptors (Lipinski definition) is 4. The number of hydrogen-bond donors (Lipinski definition) is 1. The van der Waals surface area contributed by atoms with Gasteiger partial charge < -0.3 is 4.74 Å². The van der Waals surface area contributed by atoms with Crippen LogP contribution in [0.25, 0.3) is 0 Å². The molecule has 3 amide bonds. The first kappa shape index (κ1) is 24.9. The molecule has 0 saturated heterocycles. The van der Waals surface area contributed by atoms with E-state index in [4.69, 9.17) is 4.74 Å². The Morgan fingerprint density at radius 3 is 2.41 bits per heavy atom. The van der Waals surface area contributed by atoms with Crippen LogP contribution in [0.1, 0.15) is 62.5 Å².